The number of hydrogen-bond acceptors (Lipinski definition) is 3. The molecule has 0 atom stereocenters. The minimum Gasteiger partial charge on any atom is -0.321 e. The number of nitrogens with one attached hydrogen (secondary N) is 1. The molecule has 148 valence electrons. The maximum absolute atomic E-state index is 13.1. The summed E-state index contributed by atoms with van der Waals surface area (Å²) in [6.45, 7) is 8.45. The van der Waals surface area contributed by atoms with Gasteiger partial charge in [0.15, 0.2) is 0 Å². The van der Waals surface area contributed by atoms with E-state index in [0.717, 1.165) is 22.4 Å². The maximum Gasteiger partial charge on any atom is 0.274 e. The van der Waals surface area contributed by atoms with Gasteiger partial charge in [0.2, 0.25) is 0 Å². The second-order valence-corrected chi connectivity index (χ2v) is 7.07. The Bertz CT molecular complexity index is 1060. The van der Waals surface area contributed by atoms with E-state index in [1.165, 1.54) is 12.3 Å². The standard InChI is InChI=1S/C24H25N3O2/c1-5-27(21-8-6-7-16(2)13-21)24(29)19-11-12-25-22(15-19)23(28)26-20-10-9-17(3)18(4)14-20/h6-15H,5H2,1-4H3,(H,26,28). The van der Waals surface area contributed by atoms with Crippen LogP contribution in [0.2, 0.25) is 0 Å². The minimum atomic E-state index is -0.346. The molecule has 1 N–H and O–H groups in total. The third kappa shape index (κ3) is 4.69. The summed E-state index contributed by atoms with van der Waals surface area (Å²) >= 11 is 0. The number of pyridine rings is 1. The molecule has 5 nitrogen and oxygen atoms in total. The molecule has 3 aromatic rings. The molecular formula is C24H25N3O2. The van der Waals surface area contributed by atoms with Crippen LogP contribution in [0.3, 0.4) is 0 Å². The van der Waals surface area contributed by atoms with Crippen molar-refractivity contribution in [3.63, 3.8) is 0 Å². The highest BCUT2D eigenvalue weighted by atomic mass is 16.2. The molecule has 0 unspecified atom stereocenters. The molecule has 0 aliphatic heterocycles. The fourth-order valence-corrected chi connectivity index (χ4v) is 3.10. The van der Waals surface area contributed by atoms with E-state index >= 15 is 0 Å². The Kier molecular flexibility index (Phi) is 6.07. The van der Waals surface area contributed by atoms with Crippen molar-refractivity contribution in [2.75, 3.05) is 16.8 Å². The van der Waals surface area contributed by atoms with Gasteiger partial charge in [-0.25, -0.2) is 0 Å². The van der Waals surface area contributed by atoms with E-state index < -0.39 is 0 Å². The molecule has 5 heteroatoms. The van der Waals surface area contributed by atoms with Crippen LogP contribution < -0.4 is 10.2 Å². The lowest BCUT2D eigenvalue weighted by Crippen LogP contribution is -2.31. The minimum absolute atomic E-state index is 0.166. The molecule has 2 aromatic carbocycles. The molecule has 1 aromatic heterocycles. The van der Waals surface area contributed by atoms with E-state index in [4.69, 9.17) is 0 Å². The summed E-state index contributed by atoms with van der Waals surface area (Å²) in [6, 6.07) is 16.7. The highest BCUT2D eigenvalue weighted by Crippen LogP contribution is 2.19. The molecule has 1 heterocycles. The number of hydrogen-bond donors (Lipinski definition) is 1. The first-order chi connectivity index (χ1) is 13.9. The first kappa shape index (κ1) is 20.3. The summed E-state index contributed by atoms with van der Waals surface area (Å²) in [6.07, 6.45) is 1.49. The SMILES string of the molecule is CCN(C(=O)c1ccnc(C(=O)Nc2ccc(C)c(C)c2)c1)c1cccc(C)c1. The van der Waals surface area contributed by atoms with Crippen molar-refractivity contribution in [3.05, 3.63) is 88.7 Å². The number of anilines is 2. The lowest BCUT2D eigenvalue weighted by molar-refractivity contribution is 0.0988. The van der Waals surface area contributed by atoms with Crippen molar-refractivity contribution in [1.29, 1.82) is 0 Å². The van der Waals surface area contributed by atoms with Crippen LogP contribution >= 0.6 is 0 Å². The van der Waals surface area contributed by atoms with Gasteiger partial charge in [-0.05, 0) is 80.8 Å². The van der Waals surface area contributed by atoms with Crippen molar-refractivity contribution in [3.8, 4) is 0 Å². The zero-order chi connectivity index (χ0) is 21.0. The van der Waals surface area contributed by atoms with Gasteiger partial charge in [-0.1, -0.05) is 18.2 Å². The van der Waals surface area contributed by atoms with Crippen molar-refractivity contribution >= 4 is 23.2 Å². The smallest absolute Gasteiger partial charge is 0.274 e. The lowest BCUT2D eigenvalue weighted by Gasteiger charge is -2.21. The molecule has 3 rings (SSSR count). The molecule has 0 saturated carbocycles. The van der Waals surface area contributed by atoms with Gasteiger partial charge in [-0.2, -0.15) is 0 Å². The number of amides is 2. The summed E-state index contributed by atoms with van der Waals surface area (Å²) in [5.41, 5.74) is 5.49. The molecule has 0 spiro atoms. The largest absolute Gasteiger partial charge is 0.321 e. The zero-order valence-corrected chi connectivity index (χ0v) is 17.2. The Morgan fingerprint density at radius 1 is 0.966 bits per heavy atom. The quantitative estimate of drug-likeness (QED) is 0.675. The third-order valence-electron chi connectivity index (χ3n) is 4.88. The summed E-state index contributed by atoms with van der Waals surface area (Å²) in [7, 11) is 0. The van der Waals surface area contributed by atoms with Crippen molar-refractivity contribution in [2.45, 2.75) is 27.7 Å². The summed E-state index contributed by atoms with van der Waals surface area (Å²) in [5, 5.41) is 2.85. The Balaban J connectivity index is 1.83. The molecular weight excluding hydrogens is 362 g/mol. The number of benzene rings is 2. The van der Waals surface area contributed by atoms with Crippen molar-refractivity contribution in [2.24, 2.45) is 0 Å². The Labute approximate surface area is 171 Å². The normalized spacial score (nSPS) is 10.5. The number of carbonyl (C=O) groups is 2. The van der Waals surface area contributed by atoms with Gasteiger partial charge in [0.05, 0.1) is 0 Å². The van der Waals surface area contributed by atoms with Crippen LogP contribution in [0.15, 0.2) is 60.8 Å². The van der Waals surface area contributed by atoms with E-state index in [1.807, 2.05) is 70.2 Å². The van der Waals surface area contributed by atoms with Gasteiger partial charge in [-0.15, -0.1) is 0 Å². The number of rotatable bonds is 5. The molecule has 0 radical (unpaired) electrons. The van der Waals surface area contributed by atoms with E-state index in [2.05, 4.69) is 10.3 Å². The van der Waals surface area contributed by atoms with Crippen LogP contribution in [0, 0.1) is 20.8 Å². The molecule has 0 aliphatic rings. The fourth-order valence-electron chi connectivity index (χ4n) is 3.10. The predicted molar refractivity (Wildman–Crippen MR) is 117 cm³/mol. The predicted octanol–water partition coefficient (Wildman–Crippen LogP) is 4.93. The van der Waals surface area contributed by atoms with Crippen LogP contribution in [-0.4, -0.2) is 23.3 Å². The maximum atomic E-state index is 13.1. The van der Waals surface area contributed by atoms with Crippen molar-refractivity contribution in [1.82, 2.24) is 4.98 Å². The van der Waals surface area contributed by atoms with Gasteiger partial charge in [0.1, 0.15) is 5.69 Å². The highest BCUT2D eigenvalue weighted by molar-refractivity contribution is 6.08. The molecule has 0 bridgehead atoms. The van der Waals surface area contributed by atoms with E-state index in [-0.39, 0.29) is 17.5 Å². The van der Waals surface area contributed by atoms with E-state index in [0.29, 0.717) is 17.8 Å². The average Bonchev–Trinajstić information content (AvgIpc) is 2.71. The Hall–Kier alpha value is -3.47. The number of nitrogens with zero attached hydrogens (tertiary/aromatic N) is 2. The lowest BCUT2D eigenvalue weighted by atomic mass is 10.1. The van der Waals surface area contributed by atoms with Crippen LogP contribution in [-0.2, 0) is 0 Å². The van der Waals surface area contributed by atoms with Crippen LogP contribution in [0.25, 0.3) is 0 Å². The average molecular weight is 387 g/mol. The van der Waals surface area contributed by atoms with Crippen LogP contribution in [0.5, 0.6) is 0 Å². The van der Waals surface area contributed by atoms with Crippen molar-refractivity contribution < 1.29 is 9.59 Å². The molecule has 29 heavy (non-hydrogen) atoms. The Morgan fingerprint density at radius 3 is 2.45 bits per heavy atom. The Morgan fingerprint density at radius 2 is 1.76 bits per heavy atom. The first-order valence-electron chi connectivity index (χ1n) is 9.62. The molecule has 2 amide bonds. The second-order valence-electron chi connectivity index (χ2n) is 7.07. The highest BCUT2D eigenvalue weighted by Gasteiger charge is 2.18. The summed E-state index contributed by atoms with van der Waals surface area (Å²) < 4.78 is 0. The first-order valence-corrected chi connectivity index (χ1v) is 9.62. The zero-order valence-electron chi connectivity index (χ0n) is 17.2. The van der Waals surface area contributed by atoms with Gasteiger partial charge in [0, 0.05) is 29.7 Å². The fraction of sp³-hybridized carbons (Fsp3) is 0.208. The molecule has 0 saturated heterocycles. The third-order valence-corrected chi connectivity index (χ3v) is 4.88. The van der Waals surface area contributed by atoms with Gasteiger partial charge >= 0.3 is 0 Å². The van der Waals surface area contributed by atoms with Gasteiger partial charge in [-0.3, -0.25) is 14.6 Å². The summed E-state index contributed by atoms with van der Waals surface area (Å²) in [4.78, 5) is 31.5. The van der Waals surface area contributed by atoms with E-state index in [1.54, 1.807) is 11.0 Å². The number of aromatic nitrogens is 1. The van der Waals surface area contributed by atoms with E-state index in [9.17, 15) is 9.59 Å². The number of carbonyl (C=O) groups excluding carboxylic acids is 2. The molecule has 0 fully saturated rings. The summed E-state index contributed by atoms with van der Waals surface area (Å²) in [5.74, 6) is -0.512. The van der Waals surface area contributed by atoms with Crippen LogP contribution in [0.4, 0.5) is 11.4 Å². The van der Waals surface area contributed by atoms with Gasteiger partial charge < -0.3 is 10.2 Å². The second kappa shape index (κ2) is 8.69. The van der Waals surface area contributed by atoms with Gasteiger partial charge in [0.25, 0.3) is 11.8 Å². The monoisotopic (exact) mass is 387 g/mol. The molecule has 0 aliphatic carbocycles. The van der Waals surface area contributed by atoms with Crippen LogP contribution in [0.1, 0.15) is 44.5 Å². The number of aryl methyl sites for hydroxylation is 3. The topological polar surface area (TPSA) is 62.3 Å².